The van der Waals surface area contributed by atoms with Crippen molar-refractivity contribution in [1.29, 1.82) is 0 Å². The third kappa shape index (κ3) is 3.80. The molecule has 0 spiro atoms. The number of aryl methyl sites for hydroxylation is 1. The summed E-state index contributed by atoms with van der Waals surface area (Å²) in [6, 6.07) is 1.70. The standard InChI is InChI=1S/C13H20N4O3/c1-9-10(3-2-8-20-9)13(19)15-12-5-7-17(16-12)6-4-11(14)18/h5,7,9-10H,2-4,6,8H2,1H3,(H2,14,18)(H,15,16,19). The molecule has 1 aromatic rings. The van der Waals surface area contributed by atoms with Gasteiger partial charge in [0.15, 0.2) is 5.82 Å². The molecule has 1 aromatic heterocycles. The summed E-state index contributed by atoms with van der Waals surface area (Å²) in [5, 5.41) is 6.96. The van der Waals surface area contributed by atoms with Crippen LogP contribution in [0, 0.1) is 5.92 Å². The minimum atomic E-state index is -0.376. The van der Waals surface area contributed by atoms with Crippen molar-refractivity contribution in [2.45, 2.75) is 38.8 Å². The highest BCUT2D eigenvalue weighted by molar-refractivity contribution is 5.92. The van der Waals surface area contributed by atoms with Crippen molar-refractivity contribution in [3.8, 4) is 0 Å². The number of carbonyl (C=O) groups is 2. The van der Waals surface area contributed by atoms with Crippen LogP contribution >= 0.6 is 0 Å². The van der Waals surface area contributed by atoms with Gasteiger partial charge in [0.1, 0.15) is 0 Å². The lowest BCUT2D eigenvalue weighted by Gasteiger charge is -2.27. The third-order valence-corrected chi connectivity index (χ3v) is 3.42. The Kier molecular flexibility index (Phi) is 4.73. The molecule has 0 aliphatic carbocycles. The van der Waals surface area contributed by atoms with Crippen LogP contribution in [-0.4, -0.2) is 34.3 Å². The van der Waals surface area contributed by atoms with Crippen LogP contribution in [0.15, 0.2) is 12.3 Å². The summed E-state index contributed by atoms with van der Waals surface area (Å²) in [4.78, 5) is 22.8. The van der Waals surface area contributed by atoms with Gasteiger partial charge in [-0.3, -0.25) is 14.3 Å². The van der Waals surface area contributed by atoms with Gasteiger partial charge in [0.25, 0.3) is 0 Å². The molecule has 0 saturated carbocycles. The summed E-state index contributed by atoms with van der Waals surface area (Å²) < 4.78 is 7.07. The molecule has 2 atom stereocenters. The fraction of sp³-hybridized carbons (Fsp3) is 0.615. The largest absolute Gasteiger partial charge is 0.378 e. The van der Waals surface area contributed by atoms with E-state index in [1.165, 1.54) is 0 Å². The molecule has 2 rings (SSSR count). The van der Waals surface area contributed by atoms with Gasteiger partial charge < -0.3 is 15.8 Å². The second kappa shape index (κ2) is 6.51. The number of ether oxygens (including phenoxy) is 1. The fourth-order valence-electron chi connectivity index (χ4n) is 2.26. The van der Waals surface area contributed by atoms with E-state index in [1.54, 1.807) is 16.9 Å². The third-order valence-electron chi connectivity index (χ3n) is 3.42. The maximum absolute atomic E-state index is 12.1. The Morgan fingerprint density at radius 2 is 2.40 bits per heavy atom. The SMILES string of the molecule is CC1OCCCC1C(=O)Nc1ccn(CCC(N)=O)n1. The molecule has 0 radical (unpaired) electrons. The second-order valence-corrected chi connectivity index (χ2v) is 4.99. The lowest BCUT2D eigenvalue weighted by atomic mass is 9.94. The van der Waals surface area contributed by atoms with E-state index in [0.29, 0.717) is 19.0 Å². The first-order chi connectivity index (χ1) is 9.56. The number of nitrogens with two attached hydrogens (primary N) is 1. The van der Waals surface area contributed by atoms with E-state index >= 15 is 0 Å². The highest BCUT2D eigenvalue weighted by Gasteiger charge is 2.28. The van der Waals surface area contributed by atoms with Gasteiger partial charge in [-0.25, -0.2) is 0 Å². The molecule has 1 saturated heterocycles. The van der Waals surface area contributed by atoms with Crippen LogP contribution < -0.4 is 11.1 Å². The van der Waals surface area contributed by atoms with Crippen LogP contribution in [-0.2, 0) is 20.9 Å². The summed E-state index contributed by atoms with van der Waals surface area (Å²) in [6.45, 7) is 3.04. The number of aromatic nitrogens is 2. The van der Waals surface area contributed by atoms with Gasteiger partial charge in [0.2, 0.25) is 11.8 Å². The van der Waals surface area contributed by atoms with E-state index in [4.69, 9.17) is 10.5 Å². The highest BCUT2D eigenvalue weighted by Crippen LogP contribution is 2.21. The summed E-state index contributed by atoms with van der Waals surface area (Å²) in [6.07, 6.45) is 3.59. The van der Waals surface area contributed by atoms with Crippen LogP contribution in [0.1, 0.15) is 26.2 Å². The maximum atomic E-state index is 12.1. The van der Waals surface area contributed by atoms with E-state index in [0.717, 1.165) is 12.8 Å². The molecule has 1 aliphatic heterocycles. The zero-order valence-corrected chi connectivity index (χ0v) is 11.5. The molecule has 2 unspecified atom stereocenters. The topological polar surface area (TPSA) is 99.2 Å². The molecule has 1 fully saturated rings. The fourth-order valence-corrected chi connectivity index (χ4v) is 2.26. The molecular formula is C13H20N4O3. The molecule has 2 heterocycles. The van der Waals surface area contributed by atoms with Gasteiger partial charge in [-0.2, -0.15) is 5.10 Å². The molecule has 0 aromatic carbocycles. The van der Waals surface area contributed by atoms with Gasteiger partial charge in [-0.05, 0) is 19.8 Å². The predicted octanol–water partition coefficient (Wildman–Crippen LogP) is 0.512. The van der Waals surface area contributed by atoms with Crippen LogP contribution in [0.5, 0.6) is 0 Å². The highest BCUT2D eigenvalue weighted by atomic mass is 16.5. The first-order valence-electron chi connectivity index (χ1n) is 6.80. The van der Waals surface area contributed by atoms with Crippen LogP contribution in [0.25, 0.3) is 0 Å². The zero-order valence-electron chi connectivity index (χ0n) is 11.5. The normalized spacial score (nSPS) is 22.4. The molecule has 110 valence electrons. The average molecular weight is 280 g/mol. The first-order valence-corrected chi connectivity index (χ1v) is 6.80. The van der Waals surface area contributed by atoms with E-state index in [-0.39, 0.29) is 30.3 Å². The minimum Gasteiger partial charge on any atom is -0.378 e. The number of rotatable bonds is 5. The molecule has 3 N–H and O–H groups in total. The Morgan fingerprint density at radius 3 is 3.10 bits per heavy atom. The zero-order chi connectivity index (χ0) is 14.5. The van der Waals surface area contributed by atoms with Gasteiger partial charge >= 0.3 is 0 Å². The number of amides is 2. The predicted molar refractivity (Wildman–Crippen MR) is 72.8 cm³/mol. The Bertz CT molecular complexity index is 486. The average Bonchev–Trinajstić information content (AvgIpc) is 2.84. The number of hydrogen-bond acceptors (Lipinski definition) is 4. The number of nitrogens with zero attached hydrogens (tertiary/aromatic N) is 2. The number of hydrogen-bond donors (Lipinski definition) is 2. The lowest BCUT2D eigenvalue weighted by Crippen LogP contribution is -2.36. The van der Waals surface area contributed by atoms with E-state index in [9.17, 15) is 9.59 Å². The van der Waals surface area contributed by atoms with Crippen LogP contribution in [0.3, 0.4) is 0 Å². The van der Waals surface area contributed by atoms with Crippen molar-refractivity contribution in [2.75, 3.05) is 11.9 Å². The minimum absolute atomic E-state index is 0.0688. The number of carbonyl (C=O) groups excluding carboxylic acids is 2. The van der Waals surface area contributed by atoms with Crippen molar-refractivity contribution in [2.24, 2.45) is 11.7 Å². The monoisotopic (exact) mass is 280 g/mol. The van der Waals surface area contributed by atoms with E-state index in [1.807, 2.05) is 6.92 Å². The summed E-state index contributed by atoms with van der Waals surface area (Å²) in [5.74, 6) is -0.103. The molecule has 20 heavy (non-hydrogen) atoms. The molecule has 7 heteroatoms. The van der Waals surface area contributed by atoms with Gasteiger partial charge in [-0.15, -0.1) is 0 Å². The molecular weight excluding hydrogens is 260 g/mol. The summed E-state index contributed by atoms with van der Waals surface area (Å²) in [5.41, 5.74) is 5.08. The summed E-state index contributed by atoms with van der Waals surface area (Å²) in [7, 11) is 0. The van der Waals surface area contributed by atoms with E-state index < -0.39 is 0 Å². The first kappa shape index (κ1) is 14.5. The molecule has 2 amide bonds. The van der Waals surface area contributed by atoms with Crippen LogP contribution in [0.4, 0.5) is 5.82 Å². The Morgan fingerprint density at radius 1 is 1.60 bits per heavy atom. The summed E-state index contributed by atoms with van der Waals surface area (Å²) >= 11 is 0. The number of nitrogens with one attached hydrogen (secondary N) is 1. The van der Waals surface area contributed by atoms with Crippen molar-refractivity contribution < 1.29 is 14.3 Å². The van der Waals surface area contributed by atoms with Crippen molar-refractivity contribution in [3.05, 3.63) is 12.3 Å². The quantitative estimate of drug-likeness (QED) is 0.821. The van der Waals surface area contributed by atoms with Crippen molar-refractivity contribution in [3.63, 3.8) is 0 Å². The Labute approximate surface area is 117 Å². The smallest absolute Gasteiger partial charge is 0.231 e. The second-order valence-electron chi connectivity index (χ2n) is 4.99. The number of anilines is 1. The van der Waals surface area contributed by atoms with Crippen molar-refractivity contribution >= 4 is 17.6 Å². The number of primary amides is 1. The maximum Gasteiger partial charge on any atom is 0.231 e. The lowest BCUT2D eigenvalue weighted by molar-refractivity contribution is -0.128. The Hall–Kier alpha value is -1.89. The van der Waals surface area contributed by atoms with Crippen LogP contribution in [0.2, 0.25) is 0 Å². The van der Waals surface area contributed by atoms with E-state index in [2.05, 4.69) is 10.4 Å². The molecule has 7 nitrogen and oxygen atoms in total. The van der Waals surface area contributed by atoms with Gasteiger partial charge in [0.05, 0.1) is 12.0 Å². The molecule has 0 bridgehead atoms. The molecule has 1 aliphatic rings. The Balaban J connectivity index is 1.89. The van der Waals surface area contributed by atoms with Gasteiger partial charge in [-0.1, -0.05) is 0 Å². The van der Waals surface area contributed by atoms with Gasteiger partial charge in [0, 0.05) is 31.8 Å². The van der Waals surface area contributed by atoms with Crippen molar-refractivity contribution in [1.82, 2.24) is 9.78 Å².